The molecule has 0 aromatic heterocycles. The van der Waals surface area contributed by atoms with E-state index in [1.54, 1.807) is 0 Å². The molecule has 0 spiro atoms. The molecule has 1 N–H and O–H groups in total. The monoisotopic (exact) mass is 276 g/mol. The van der Waals surface area contributed by atoms with E-state index in [0.29, 0.717) is 13.2 Å². The van der Waals surface area contributed by atoms with Gasteiger partial charge < -0.3 is 15.0 Å². The zero-order chi connectivity index (χ0) is 14.4. The molecule has 1 atom stereocenters. The second-order valence-electron chi connectivity index (χ2n) is 5.36. The van der Waals surface area contributed by atoms with Crippen LogP contribution >= 0.6 is 0 Å². The number of carbonyl (C=O) groups is 1. The summed E-state index contributed by atoms with van der Waals surface area (Å²) in [6.45, 7) is 5.09. The fourth-order valence-electron chi connectivity index (χ4n) is 2.65. The summed E-state index contributed by atoms with van der Waals surface area (Å²) in [7, 11) is 2.07. The minimum Gasteiger partial charge on any atom is -0.494 e. The molecule has 110 valence electrons. The number of likely N-dealkylation sites (tertiary alicyclic amines) is 1. The van der Waals surface area contributed by atoms with Crippen molar-refractivity contribution in [2.45, 2.75) is 26.3 Å². The minimum absolute atomic E-state index is 0.119. The molecule has 4 nitrogen and oxygen atoms in total. The summed E-state index contributed by atoms with van der Waals surface area (Å²) < 4.78 is 5.57. The SMILES string of the molecule is CCOc1ccccc1CNC(=O)[C@@H]1CCCN(C)C1. The van der Waals surface area contributed by atoms with Crippen LogP contribution < -0.4 is 10.1 Å². The summed E-state index contributed by atoms with van der Waals surface area (Å²) in [5.74, 6) is 1.13. The largest absolute Gasteiger partial charge is 0.494 e. The van der Waals surface area contributed by atoms with E-state index in [9.17, 15) is 4.79 Å². The molecule has 1 fully saturated rings. The first-order valence-corrected chi connectivity index (χ1v) is 7.37. The number of rotatable bonds is 5. The van der Waals surface area contributed by atoms with Crippen molar-refractivity contribution in [1.29, 1.82) is 0 Å². The van der Waals surface area contributed by atoms with Crippen LogP contribution in [0.2, 0.25) is 0 Å². The molecule has 0 aliphatic carbocycles. The summed E-state index contributed by atoms with van der Waals surface area (Å²) in [6, 6.07) is 7.86. The van der Waals surface area contributed by atoms with E-state index in [-0.39, 0.29) is 11.8 Å². The predicted molar refractivity (Wildman–Crippen MR) is 79.7 cm³/mol. The number of benzene rings is 1. The van der Waals surface area contributed by atoms with Crippen LogP contribution in [0.5, 0.6) is 5.75 Å². The number of para-hydroxylation sites is 1. The Labute approximate surface area is 121 Å². The Balaban J connectivity index is 1.89. The number of ether oxygens (including phenoxy) is 1. The quantitative estimate of drug-likeness (QED) is 0.895. The van der Waals surface area contributed by atoms with Crippen LogP contribution in [0.4, 0.5) is 0 Å². The molecule has 0 bridgehead atoms. The lowest BCUT2D eigenvalue weighted by atomic mass is 9.97. The standard InChI is InChI=1S/C16H24N2O2/c1-3-20-15-9-5-4-7-13(15)11-17-16(19)14-8-6-10-18(2)12-14/h4-5,7,9,14H,3,6,8,10-12H2,1-2H3,(H,17,19)/t14-/m1/s1. The van der Waals surface area contributed by atoms with E-state index >= 15 is 0 Å². The number of hydrogen-bond donors (Lipinski definition) is 1. The van der Waals surface area contributed by atoms with Gasteiger partial charge in [-0.1, -0.05) is 18.2 Å². The molecule has 1 aliphatic rings. The lowest BCUT2D eigenvalue weighted by Gasteiger charge is -2.28. The molecule has 20 heavy (non-hydrogen) atoms. The normalized spacial score (nSPS) is 19.6. The van der Waals surface area contributed by atoms with Gasteiger partial charge >= 0.3 is 0 Å². The third kappa shape index (κ3) is 3.97. The number of nitrogens with zero attached hydrogens (tertiary/aromatic N) is 1. The van der Waals surface area contributed by atoms with Crippen molar-refractivity contribution in [2.75, 3.05) is 26.7 Å². The van der Waals surface area contributed by atoms with Crippen molar-refractivity contribution in [3.05, 3.63) is 29.8 Å². The maximum Gasteiger partial charge on any atom is 0.224 e. The Bertz CT molecular complexity index is 448. The molecule has 0 radical (unpaired) electrons. The zero-order valence-electron chi connectivity index (χ0n) is 12.4. The lowest BCUT2D eigenvalue weighted by Crippen LogP contribution is -2.41. The highest BCUT2D eigenvalue weighted by Gasteiger charge is 2.23. The molecular weight excluding hydrogens is 252 g/mol. The van der Waals surface area contributed by atoms with Crippen LogP contribution in [0.3, 0.4) is 0 Å². The van der Waals surface area contributed by atoms with Crippen LogP contribution in [0.25, 0.3) is 0 Å². The maximum atomic E-state index is 12.2. The van der Waals surface area contributed by atoms with Crippen molar-refractivity contribution in [3.8, 4) is 5.75 Å². The van der Waals surface area contributed by atoms with Crippen molar-refractivity contribution in [1.82, 2.24) is 10.2 Å². The predicted octanol–water partition coefficient (Wildman–Crippen LogP) is 2.04. The van der Waals surface area contributed by atoms with Gasteiger partial charge in [0.15, 0.2) is 0 Å². The Morgan fingerprint density at radius 1 is 1.45 bits per heavy atom. The van der Waals surface area contributed by atoms with Gasteiger partial charge in [0.25, 0.3) is 0 Å². The molecule has 1 amide bonds. The summed E-state index contributed by atoms with van der Waals surface area (Å²) in [6.07, 6.45) is 2.09. The Kier molecular flexibility index (Phi) is 5.41. The number of carbonyl (C=O) groups excluding carboxylic acids is 1. The number of piperidine rings is 1. The highest BCUT2D eigenvalue weighted by Crippen LogP contribution is 2.19. The highest BCUT2D eigenvalue weighted by molar-refractivity contribution is 5.79. The fourth-order valence-corrected chi connectivity index (χ4v) is 2.65. The zero-order valence-corrected chi connectivity index (χ0v) is 12.4. The smallest absolute Gasteiger partial charge is 0.224 e. The van der Waals surface area contributed by atoms with Gasteiger partial charge in [-0.15, -0.1) is 0 Å². The van der Waals surface area contributed by atoms with Crippen molar-refractivity contribution >= 4 is 5.91 Å². The van der Waals surface area contributed by atoms with E-state index in [1.165, 1.54) is 0 Å². The van der Waals surface area contributed by atoms with Crippen LogP contribution in [0.15, 0.2) is 24.3 Å². The van der Waals surface area contributed by atoms with Crippen LogP contribution in [-0.4, -0.2) is 37.6 Å². The van der Waals surface area contributed by atoms with Gasteiger partial charge in [0, 0.05) is 18.7 Å². The van der Waals surface area contributed by atoms with Crippen molar-refractivity contribution in [3.63, 3.8) is 0 Å². The molecule has 2 rings (SSSR count). The Hall–Kier alpha value is -1.55. The van der Waals surface area contributed by atoms with E-state index in [2.05, 4.69) is 17.3 Å². The Morgan fingerprint density at radius 3 is 3.00 bits per heavy atom. The van der Waals surface area contributed by atoms with E-state index in [0.717, 1.165) is 37.2 Å². The van der Waals surface area contributed by atoms with Crippen LogP contribution in [0, 0.1) is 5.92 Å². The van der Waals surface area contributed by atoms with E-state index in [4.69, 9.17) is 4.74 Å². The summed E-state index contributed by atoms with van der Waals surface area (Å²) in [5.41, 5.74) is 1.03. The van der Waals surface area contributed by atoms with E-state index < -0.39 is 0 Å². The average molecular weight is 276 g/mol. The minimum atomic E-state index is 0.119. The van der Waals surface area contributed by atoms with E-state index in [1.807, 2.05) is 31.2 Å². The summed E-state index contributed by atoms with van der Waals surface area (Å²) >= 11 is 0. The summed E-state index contributed by atoms with van der Waals surface area (Å²) in [4.78, 5) is 14.4. The third-order valence-corrected chi connectivity index (χ3v) is 3.72. The van der Waals surface area contributed by atoms with Gasteiger partial charge in [-0.05, 0) is 39.4 Å². The maximum absolute atomic E-state index is 12.2. The van der Waals surface area contributed by atoms with Gasteiger partial charge in [-0.3, -0.25) is 4.79 Å². The van der Waals surface area contributed by atoms with Crippen molar-refractivity contribution in [2.24, 2.45) is 5.92 Å². The van der Waals surface area contributed by atoms with Gasteiger partial charge in [-0.25, -0.2) is 0 Å². The van der Waals surface area contributed by atoms with Gasteiger partial charge in [0.1, 0.15) is 5.75 Å². The number of amides is 1. The molecule has 4 heteroatoms. The van der Waals surface area contributed by atoms with Gasteiger partial charge in [0.05, 0.1) is 12.5 Å². The van der Waals surface area contributed by atoms with Gasteiger partial charge in [-0.2, -0.15) is 0 Å². The first kappa shape index (κ1) is 14.9. The first-order chi connectivity index (χ1) is 9.70. The fraction of sp³-hybridized carbons (Fsp3) is 0.562. The van der Waals surface area contributed by atoms with Gasteiger partial charge in [0.2, 0.25) is 5.91 Å². The molecule has 0 unspecified atom stereocenters. The topological polar surface area (TPSA) is 41.6 Å². The molecule has 1 aromatic carbocycles. The van der Waals surface area contributed by atoms with Crippen LogP contribution in [-0.2, 0) is 11.3 Å². The Morgan fingerprint density at radius 2 is 2.25 bits per heavy atom. The third-order valence-electron chi connectivity index (χ3n) is 3.72. The second kappa shape index (κ2) is 7.29. The molecule has 0 saturated carbocycles. The average Bonchev–Trinajstić information content (AvgIpc) is 2.46. The van der Waals surface area contributed by atoms with Crippen LogP contribution in [0.1, 0.15) is 25.3 Å². The number of hydrogen-bond acceptors (Lipinski definition) is 3. The van der Waals surface area contributed by atoms with Crippen molar-refractivity contribution < 1.29 is 9.53 Å². The highest BCUT2D eigenvalue weighted by atomic mass is 16.5. The lowest BCUT2D eigenvalue weighted by molar-refractivity contribution is -0.126. The molecule has 1 saturated heterocycles. The molecule has 1 aromatic rings. The molecular formula is C16H24N2O2. The molecule has 1 aliphatic heterocycles. The first-order valence-electron chi connectivity index (χ1n) is 7.37. The number of nitrogens with one attached hydrogen (secondary N) is 1. The molecule has 1 heterocycles. The second-order valence-corrected chi connectivity index (χ2v) is 5.36. The summed E-state index contributed by atoms with van der Waals surface area (Å²) in [5, 5.41) is 3.04.